The van der Waals surface area contributed by atoms with Gasteiger partial charge in [0.25, 0.3) is 0 Å². The average Bonchev–Trinajstić information content (AvgIpc) is 2.44. The Morgan fingerprint density at radius 1 is 1.37 bits per heavy atom. The number of nitrogens with zero attached hydrogens (tertiary/aromatic N) is 1. The number of nitrogens with one attached hydrogen (secondary N) is 1. The van der Waals surface area contributed by atoms with Crippen LogP contribution in [0.25, 0.3) is 0 Å². The van der Waals surface area contributed by atoms with Crippen molar-refractivity contribution >= 4 is 0 Å². The first-order valence-corrected chi connectivity index (χ1v) is 6.61. The third kappa shape index (κ3) is 5.73. The molecular formula is C15H22N2O2. The summed E-state index contributed by atoms with van der Waals surface area (Å²) in [5, 5.41) is 12.0. The smallest absolute Gasteiger partial charge is 0.174 e. The zero-order valence-electron chi connectivity index (χ0n) is 11.7. The molecule has 0 radical (unpaired) electrons. The highest BCUT2D eigenvalue weighted by Gasteiger charge is 2.08. The zero-order chi connectivity index (χ0) is 13.9. The fourth-order valence-corrected chi connectivity index (χ4v) is 1.95. The Hall–Kier alpha value is -1.57. The van der Waals surface area contributed by atoms with Crippen LogP contribution >= 0.6 is 0 Å². The van der Waals surface area contributed by atoms with Gasteiger partial charge in [0.1, 0.15) is 11.8 Å². The van der Waals surface area contributed by atoms with E-state index in [0.29, 0.717) is 12.6 Å². The Morgan fingerprint density at radius 2 is 2.16 bits per heavy atom. The zero-order valence-corrected chi connectivity index (χ0v) is 11.7. The Bertz CT molecular complexity index is 395. The largest absolute Gasteiger partial charge is 0.478 e. The number of para-hydroxylation sites is 1. The summed E-state index contributed by atoms with van der Waals surface area (Å²) in [6.45, 7) is 3.66. The number of rotatable bonds is 9. The van der Waals surface area contributed by atoms with Crippen LogP contribution in [0.1, 0.15) is 25.3 Å². The van der Waals surface area contributed by atoms with Gasteiger partial charge in [-0.25, -0.2) is 0 Å². The molecule has 0 aliphatic rings. The second-order valence-electron chi connectivity index (χ2n) is 4.38. The summed E-state index contributed by atoms with van der Waals surface area (Å²) < 4.78 is 10.6. The van der Waals surface area contributed by atoms with Crippen LogP contribution in [0.15, 0.2) is 24.3 Å². The molecule has 1 aromatic rings. The van der Waals surface area contributed by atoms with E-state index >= 15 is 0 Å². The van der Waals surface area contributed by atoms with Gasteiger partial charge in [-0.2, -0.15) is 5.26 Å². The van der Waals surface area contributed by atoms with Crippen LogP contribution in [0.3, 0.4) is 0 Å². The Morgan fingerprint density at radius 3 is 2.84 bits per heavy atom. The average molecular weight is 262 g/mol. The molecule has 0 aliphatic carbocycles. The van der Waals surface area contributed by atoms with Crippen molar-refractivity contribution in [1.82, 2.24) is 5.32 Å². The van der Waals surface area contributed by atoms with Crippen molar-refractivity contribution in [3.8, 4) is 11.8 Å². The number of hydrogen-bond acceptors (Lipinski definition) is 4. The van der Waals surface area contributed by atoms with E-state index < -0.39 is 0 Å². The molecule has 0 saturated carbocycles. The van der Waals surface area contributed by atoms with Crippen LogP contribution in [0.4, 0.5) is 0 Å². The lowest BCUT2D eigenvalue weighted by Crippen LogP contribution is -2.32. The number of nitriles is 1. The normalized spacial score (nSPS) is 11.8. The fraction of sp³-hybridized carbons (Fsp3) is 0.533. The standard InChI is InChI=1S/C15H22N2O2/c1-3-6-14(12-18-2)17-11-13-7-4-5-8-15(13)19-10-9-16/h4-5,7-8,14,17H,3,6,10-12H2,1-2H3. The molecule has 4 nitrogen and oxygen atoms in total. The van der Waals surface area contributed by atoms with E-state index in [-0.39, 0.29) is 6.61 Å². The van der Waals surface area contributed by atoms with Crippen LogP contribution in [0.2, 0.25) is 0 Å². The lowest BCUT2D eigenvalue weighted by molar-refractivity contribution is 0.161. The van der Waals surface area contributed by atoms with E-state index in [2.05, 4.69) is 12.2 Å². The molecule has 0 aromatic heterocycles. The summed E-state index contributed by atoms with van der Waals surface area (Å²) in [6, 6.07) is 10.1. The van der Waals surface area contributed by atoms with Crippen molar-refractivity contribution in [2.45, 2.75) is 32.4 Å². The van der Waals surface area contributed by atoms with Crippen LogP contribution in [-0.4, -0.2) is 26.4 Å². The lowest BCUT2D eigenvalue weighted by Gasteiger charge is -2.18. The van der Waals surface area contributed by atoms with Crippen LogP contribution < -0.4 is 10.1 Å². The molecule has 1 atom stereocenters. The summed E-state index contributed by atoms with van der Waals surface area (Å²) >= 11 is 0. The summed E-state index contributed by atoms with van der Waals surface area (Å²) in [5.74, 6) is 0.768. The fourth-order valence-electron chi connectivity index (χ4n) is 1.95. The molecule has 0 aliphatic heterocycles. The third-order valence-electron chi connectivity index (χ3n) is 2.85. The maximum atomic E-state index is 8.57. The van der Waals surface area contributed by atoms with E-state index in [4.69, 9.17) is 14.7 Å². The van der Waals surface area contributed by atoms with Crippen LogP contribution in [0, 0.1) is 11.3 Å². The molecule has 0 spiro atoms. The molecule has 0 amide bonds. The first-order chi connectivity index (χ1) is 9.31. The molecule has 0 saturated heterocycles. The molecule has 19 heavy (non-hydrogen) atoms. The van der Waals surface area contributed by atoms with Gasteiger partial charge in [-0.3, -0.25) is 0 Å². The lowest BCUT2D eigenvalue weighted by atomic mass is 10.1. The van der Waals surface area contributed by atoms with Crippen LogP contribution in [-0.2, 0) is 11.3 Å². The van der Waals surface area contributed by atoms with E-state index in [1.807, 2.05) is 30.3 Å². The van der Waals surface area contributed by atoms with Gasteiger partial charge in [-0.15, -0.1) is 0 Å². The highest BCUT2D eigenvalue weighted by molar-refractivity contribution is 5.33. The molecule has 4 heteroatoms. The van der Waals surface area contributed by atoms with Gasteiger partial charge in [0.05, 0.1) is 6.61 Å². The molecule has 1 N–H and O–H groups in total. The highest BCUT2D eigenvalue weighted by atomic mass is 16.5. The summed E-state index contributed by atoms with van der Waals surface area (Å²) in [7, 11) is 1.72. The summed E-state index contributed by atoms with van der Waals surface area (Å²) in [4.78, 5) is 0. The topological polar surface area (TPSA) is 54.3 Å². The number of ether oxygens (including phenoxy) is 2. The molecule has 0 fully saturated rings. The van der Waals surface area contributed by atoms with Crippen molar-refractivity contribution in [2.24, 2.45) is 0 Å². The minimum absolute atomic E-state index is 0.0769. The van der Waals surface area contributed by atoms with Gasteiger partial charge < -0.3 is 14.8 Å². The minimum atomic E-state index is 0.0769. The van der Waals surface area contributed by atoms with Crippen molar-refractivity contribution in [2.75, 3.05) is 20.3 Å². The molecule has 1 rings (SSSR count). The van der Waals surface area contributed by atoms with Crippen molar-refractivity contribution in [3.63, 3.8) is 0 Å². The minimum Gasteiger partial charge on any atom is -0.478 e. The summed E-state index contributed by atoms with van der Waals surface area (Å²) in [5.41, 5.74) is 1.06. The molecule has 1 unspecified atom stereocenters. The van der Waals surface area contributed by atoms with E-state index in [1.165, 1.54) is 0 Å². The second-order valence-corrected chi connectivity index (χ2v) is 4.38. The first-order valence-electron chi connectivity index (χ1n) is 6.61. The Kier molecular flexibility index (Phi) is 7.64. The van der Waals surface area contributed by atoms with Crippen LogP contribution in [0.5, 0.6) is 5.75 Å². The predicted molar refractivity (Wildman–Crippen MR) is 75.0 cm³/mol. The van der Waals surface area contributed by atoms with E-state index in [9.17, 15) is 0 Å². The van der Waals surface area contributed by atoms with Gasteiger partial charge in [-0.1, -0.05) is 31.5 Å². The molecule has 0 bridgehead atoms. The molecule has 104 valence electrons. The van der Waals surface area contributed by atoms with E-state index in [1.54, 1.807) is 7.11 Å². The number of methoxy groups -OCH3 is 1. The monoisotopic (exact) mass is 262 g/mol. The molecular weight excluding hydrogens is 240 g/mol. The Labute approximate surface area is 115 Å². The Balaban J connectivity index is 2.57. The SMILES string of the molecule is CCCC(COC)NCc1ccccc1OCC#N. The van der Waals surface area contributed by atoms with Gasteiger partial charge >= 0.3 is 0 Å². The number of hydrogen-bond donors (Lipinski definition) is 1. The third-order valence-corrected chi connectivity index (χ3v) is 2.85. The maximum absolute atomic E-state index is 8.57. The van der Waals surface area contributed by atoms with Crippen molar-refractivity contribution < 1.29 is 9.47 Å². The second kappa shape index (κ2) is 9.37. The quantitative estimate of drug-likeness (QED) is 0.743. The first kappa shape index (κ1) is 15.5. The van der Waals surface area contributed by atoms with Gasteiger partial charge in [0, 0.05) is 25.3 Å². The van der Waals surface area contributed by atoms with Gasteiger partial charge in [0.15, 0.2) is 6.61 Å². The van der Waals surface area contributed by atoms with Crippen molar-refractivity contribution in [1.29, 1.82) is 5.26 Å². The van der Waals surface area contributed by atoms with Crippen molar-refractivity contribution in [3.05, 3.63) is 29.8 Å². The number of benzene rings is 1. The predicted octanol–water partition coefficient (Wildman–Crippen LogP) is 2.49. The molecule has 0 heterocycles. The van der Waals surface area contributed by atoms with Gasteiger partial charge in [-0.05, 0) is 12.5 Å². The highest BCUT2D eigenvalue weighted by Crippen LogP contribution is 2.17. The maximum Gasteiger partial charge on any atom is 0.174 e. The van der Waals surface area contributed by atoms with E-state index in [0.717, 1.165) is 30.7 Å². The summed E-state index contributed by atoms with van der Waals surface area (Å²) in [6.07, 6.45) is 2.20. The molecule has 1 aromatic carbocycles. The van der Waals surface area contributed by atoms with Gasteiger partial charge in [0.2, 0.25) is 0 Å².